The zero-order valence-electron chi connectivity index (χ0n) is 7.02. The Morgan fingerprint density at radius 2 is 1.40 bits per heavy atom. The summed E-state index contributed by atoms with van der Waals surface area (Å²) in [6, 6.07) is 1.25. The summed E-state index contributed by atoms with van der Waals surface area (Å²) in [5.74, 6) is 0. The van der Waals surface area contributed by atoms with Gasteiger partial charge in [0.1, 0.15) is 0 Å². The number of hydrogen-bond donors (Lipinski definition) is 0. The Balaban J connectivity index is 0. The van der Waals surface area contributed by atoms with E-state index in [0.717, 1.165) is 6.54 Å². The van der Waals surface area contributed by atoms with Gasteiger partial charge in [-0.3, -0.25) is 4.90 Å². The van der Waals surface area contributed by atoms with Crippen LogP contribution >= 0.6 is 0 Å². The second-order valence-corrected chi connectivity index (χ2v) is 2.93. The van der Waals surface area contributed by atoms with Crippen molar-refractivity contribution in [1.82, 2.24) is 4.90 Å². The van der Waals surface area contributed by atoms with Gasteiger partial charge in [-0.15, -0.1) is 0 Å². The topological polar surface area (TPSA) is 3.24 Å². The van der Waals surface area contributed by atoms with E-state index in [-0.39, 0.29) is 29.6 Å². The first-order valence-corrected chi connectivity index (χ1v) is 3.64. The van der Waals surface area contributed by atoms with E-state index in [1.807, 2.05) is 0 Å². The molecule has 0 aliphatic rings. The summed E-state index contributed by atoms with van der Waals surface area (Å²) in [4.78, 5) is 2.35. The van der Waals surface area contributed by atoms with E-state index >= 15 is 0 Å². The molecule has 0 heterocycles. The molecule has 0 spiro atoms. The first-order chi connectivity index (χ1) is 4.09. The molecule has 57 valence electrons. The van der Waals surface area contributed by atoms with E-state index in [1.54, 1.807) is 0 Å². The maximum atomic E-state index is 3.85. The molecule has 0 aliphatic heterocycles. The predicted octanol–water partition coefficient (Wildman–Crippen LogP) is 1.29. The molecule has 0 aliphatic carbocycles. The molecule has 0 unspecified atom stereocenters. The van der Waals surface area contributed by atoms with Gasteiger partial charge in [0.05, 0.1) is 0 Å². The van der Waals surface area contributed by atoms with E-state index in [2.05, 4.69) is 39.5 Å². The van der Waals surface area contributed by atoms with Gasteiger partial charge in [0.25, 0.3) is 0 Å². The van der Waals surface area contributed by atoms with Crippen LogP contribution in [0.3, 0.4) is 0 Å². The van der Waals surface area contributed by atoms with Gasteiger partial charge >= 0.3 is 29.6 Å². The molecule has 0 aromatic heterocycles. The van der Waals surface area contributed by atoms with Crippen molar-refractivity contribution in [3.63, 3.8) is 0 Å². The standard InChI is InChI=1S/C8H18N.Na.H/c1-6-9(7(2)3)8(4)5;;/h7-8H,1,6H2,2-5H3;;. The van der Waals surface area contributed by atoms with Crippen LogP contribution in [0.1, 0.15) is 27.7 Å². The molecule has 1 radical (unpaired) electrons. The zero-order valence-corrected chi connectivity index (χ0v) is 7.02. The Morgan fingerprint density at radius 1 is 1.10 bits per heavy atom. The molecule has 0 amide bonds. The average molecular weight is 152 g/mol. The third kappa shape index (κ3) is 4.73. The second kappa shape index (κ2) is 6.66. The first-order valence-electron chi connectivity index (χ1n) is 3.64. The Hall–Kier alpha value is 0.960. The molecule has 1 nitrogen and oxygen atoms in total. The molecule has 0 atom stereocenters. The van der Waals surface area contributed by atoms with Crippen LogP contribution in [0, 0.1) is 6.92 Å². The molecule has 0 fully saturated rings. The SMILES string of the molecule is [CH2]CN(C(C)C)C(C)C.[NaH]. The van der Waals surface area contributed by atoms with Crippen molar-refractivity contribution in [2.75, 3.05) is 6.54 Å². The zero-order chi connectivity index (χ0) is 7.44. The molecule has 0 saturated heterocycles. The van der Waals surface area contributed by atoms with Gasteiger partial charge in [-0.2, -0.15) is 0 Å². The van der Waals surface area contributed by atoms with Crippen molar-refractivity contribution >= 4 is 29.6 Å². The van der Waals surface area contributed by atoms with E-state index in [1.165, 1.54) is 0 Å². The van der Waals surface area contributed by atoms with Gasteiger partial charge in [-0.25, -0.2) is 0 Å². The van der Waals surface area contributed by atoms with Crippen LogP contribution in [0.5, 0.6) is 0 Å². The minimum atomic E-state index is 0. The normalized spacial score (nSPS) is 10.8. The molecule has 0 aromatic carbocycles. The summed E-state index contributed by atoms with van der Waals surface area (Å²) in [5, 5.41) is 0. The molecule has 0 bridgehead atoms. The molecular formula is C8H19NNa. The summed E-state index contributed by atoms with van der Waals surface area (Å²) in [5.41, 5.74) is 0. The molecule has 10 heavy (non-hydrogen) atoms. The number of rotatable bonds is 3. The van der Waals surface area contributed by atoms with Gasteiger partial charge < -0.3 is 0 Å². The van der Waals surface area contributed by atoms with E-state index in [9.17, 15) is 0 Å². The predicted molar refractivity (Wildman–Crippen MR) is 49.5 cm³/mol. The summed E-state index contributed by atoms with van der Waals surface area (Å²) in [6.45, 7) is 13.6. The van der Waals surface area contributed by atoms with Crippen LogP contribution in [0.2, 0.25) is 0 Å². The summed E-state index contributed by atoms with van der Waals surface area (Å²) >= 11 is 0. The van der Waals surface area contributed by atoms with Gasteiger partial charge in [-0.05, 0) is 41.2 Å². The van der Waals surface area contributed by atoms with Crippen molar-refractivity contribution < 1.29 is 0 Å². The average Bonchev–Trinajstić information content (AvgIpc) is 1.64. The Labute approximate surface area is 87.5 Å². The number of hydrogen-bond acceptors (Lipinski definition) is 1. The molecule has 0 N–H and O–H groups in total. The fourth-order valence-electron chi connectivity index (χ4n) is 1.11. The van der Waals surface area contributed by atoms with Crippen molar-refractivity contribution in [2.45, 2.75) is 39.8 Å². The van der Waals surface area contributed by atoms with Gasteiger partial charge in [0.15, 0.2) is 0 Å². The summed E-state index contributed by atoms with van der Waals surface area (Å²) in [7, 11) is 0. The third-order valence-corrected chi connectivity index (χ3v) is 1.58. The molecule has 2 heteroatoms. The van der Waals surface area contributed by atoms with Gasteiger partial charge in [-0.1, -0.05) is 0 Å². The van der Waals surface area contributed by atoms with Crippen molar-refractivity contribution in [2.24, 2.45) is 0 Å². The Morgan fingerprint density at radius 3 is 1.40 bits per heavy atom. The number of nitrogens with zero attached hydrogens (tertiary/aromatic N) is 1. The molecule has 0 rings (SSSR count). The fourth-order valence-corrected chi connectivity index (χ4v) is 1.11. The monoisotopic (exact) mass is 152 g/mol. The molecule has 0 saturated carbocycles. The first kappa shape index (κ1) is 13.5. The Bertz CT molecular complexity index is 63.7. The third-order valence-electron chi connectivity index (χ3n) is 1.58. The van der Waals surface area contributed by atoms with Crippen LogP contribution in [0.4, 0.5) is 0 Å². The van der Waals surface area contributed by atoms with Gasteiger partial charge in [0.2, 0.25) is 0 Å². The van der Waals surface area contributed by atoms with E-state index in [4.69, 9.17) is 0 Å². The van der Waals surface area contributed by atoms with Crippen LogP contribution in [0.15, 0.2) is 0 Å². The summed E-state index contributed by atoms with van der Waals surface area (Å²) in [6.07, 6.45) is 0. The van der Waals surface area contributed by atoms with Crippen LogP contribution in [0.25, 0.3) is 0 Å². The van der Waals surface area contributed by atoms with E-state index < -0.39 is 0 Å². The summed E-state index contributed by atoms with van der Waals surface area (Å²) < 4.78 is 0. The Kier molecular flexibility index (Phi) is 9.02. The fraction of sp³-hybridized carbons (Fsp3) is 0.875. The van der Waals surface area contributed by atoms with Crippen LogP contribution < -0.4 is 0 Å². The van der Waals surface area contributed by atoms with Crippen LogP contribution in [-0.4, -0.2) is 53.1 Å². The second-order valence-electron chi connectivity index (χ2n) is 2.93. The van der Waals surface area contributed by atoms with Crippen LogP contribution in [-0.2, 0) is 0 Å². The minimum absolute atomic E-state index is 0. The van der Waals surface area contributed by atoms with Gasteiger partial charge in [0, 0.05) is 12.1 Å². The van der Waals surface area contributed by atoms with E-state index in [0.29, 0.717) is 12.1 Å². The molecular weight excluding hydrogens is 133 g/mol. The molecule has 0 aromatic rings. The van der Waals surface area contributed by atoms with Crippen molar-refractivity contribution in [3.05, 3.63) is 6.92 Å². The van der Waals surface area contributed by atoms with Crippen molar-refractivity contribution in [1.29, 1.82) is 0 Å². The maximum absolute atomic E-state index is 3.85. The quantitative estimate of drug-likeness (QED) is 0.551. The van der Waals surface area contributed by atoms with Crippen molar-refractivity contribution in [3.8, 4) is 0 Å².